The number of urea groups is 1. The second kappa shape index (κ2) is 7.59. The van der Waals surface area contributed by atoms with Gasteiger partial charge in [-0.2, -0.15) is 0 Å². The first-order chi connectivity index (χ1) is 13.6. The van der Waals surface area contributed by atoms with Crippen LogP contribution in [0.5, 0.6) is 11.5 Å². The number of carbonyl (C=O) groups is 2. The minimum absolute atomic E-state index is 0.273. The molecule has 3 amide bonds. The standard InChI is InChI=1S/C18H20N6O4/c1-11-15(17(25)19-4-6-24-7-5-20-23-24)16(22-18(26)21-11)12-2-3-13-14(10-12)28-9-8-27-13/h2-3,5,7,10,16H,4,6,8-9H2,1H3,(H,19,25)(H2,21,22,26)/t16-/m1/s1. The van der Waals surface area contributed by atoms with Crippen molar-refractivity contribution in [3.63, 3.8) is 0 Å². The van der Waals surface area contributed by atoms with Gasteiger partial charge in [0.05, 0.1) is 24.4 Å². The predicted octanol–water partition coefficient (Wildman–Crippen LogP) is 0.494. The largest absolute Gasteiger partial charge is 0.486 e. The van der Waals surface area contributed by atoms with Crippen LogP contribution in [0.2, 0.25) is 0 Å². The lowest BCUT2D eigenvalue weighted by atomic mass is 9.94. The number of benzene rings is 1. The van der Waals surface area contributed by atoms with Crippen LogP contribution in [0.1, 0.15) is 18.5 Å². The summed E-state index contributed by atoms with van der Waals surface area (Å²) >= 11 is 0. The lowest BCUT2D eigenvalue weighted by Gasteiger charge is -2.29. The number of aromatic nitrogens is 3. The maximum Gasteiger partial charge on any atom is 0.319 e. The summed E-state index contributed by atoms with van der Waals surface area (Å²) in [4.78, 5) is 24.9. The van der Waals surface area contributed by atoms with Crippen molar-refractivity contribution < 1.29 is 19.1 Å². The number of fused-ring (bicyclic) bond motifs is 1. The average molecular weight is 384 g/mol. The van der Waals surface area contributed by atoms with Crippen molar-refractivity contribution in [2.45, 2.75) is 19.5 Å². The van der Waals surface area contributed by atoms with Crippen molar-refractivity contribution in [1.82, 2.24) is 30.9 Å². The van der Waals surface area contributed by atoms with E-state index < -0.39 is 6.04 Å². The molecular weight excluding hydrogens is 364 g/mol. The molecule has 3 heterocycles. The summed E-state index contributed by atoms with van der Waals surface area (Å²) < 4.78 is 12.8. The van der Waals surface area contributed by atoms with Gasteiger partial charge in [0.2, 0.25) is 0 Å². The Kier molecular flexibility index (Phi) is 4.83. The van der Waals surface area contributed by atoms with Crippen molar-refractivity contribution in [3.05, 3.63) is 47.4 Å². The molecule has 1 aromatic carbocycles. The van der Waals surface area contributed by atoms with E-state index in [0.717, 1.165) is 5.56 Å². The molecule has 0 bridgehead atoms. The molecule has 0 radical (unpaired) electrons. The molecule has 1 atom stereocenters. The summed E-state index contributed by atoms with van der Waals surface area (Å²) in [5, 5.41) is 15.9. The van der Waals surface area contributed by atoms with Crippen LogP contribution in [0.4, 0.5) is 4.79 Å². The van der Waals surface area contributed by atoms with Gasteiger partial charge in [0.25, 0.3) is 5.91 Å². The monoisotopic (exact) mass is 384 g/mol. The zero-order valence-corrected chi connectivity index (χ0v) is 15.3. The second-order valence-electron chi connectivity index (χ2n) is 6.40. The molecule has 0 unspecified atom stereocenters. The van der Waals surface area contributed by atoms with Crippen LogP contribution in [-0.4, -0.2) is 46.7 Å². The first-order valence-corrected chi connectivity index (χ1v) is 8.92. The molecule has 10 nitrogen and oxygen atoms in total. The molecule has 2 aliphatic rings. The zero-order chi connectivity index (χ0) is 19.5. The number of ether oxygens (including phenoxy) is 2. The highest BCUT2D eigenvalue weighted by atomic mass is 16.6. The van der Waals surface area contributed by atoms with Gasteiger partial charge in [-0.25, -0.2) is 4.79 Å². The summed E-state index contributed by atoms with van der Waals surface area (Å²) in [5.74, 6) is 0.972. The third-order valence-electron chi connectivity index (χ3n) is 4.51. The molecule has 3 N–H and O–H groups in total. The van der Waals surface area contributed by atoms with E-state index in [1.807, 2.05) is 6.07 Å². The Morgan fingerprint density at radius 2 is 2.14 bits per heavy atom. The van der Waals surface area contributed by atoms with Crippen LogP contribution < -0.4 is 25.4 Å². The SMILES string of the molecule is CC1=C(C(=O)NCCn2ccnn2)[C@@H](c2ccc3c(c2)OCCO3)NC(=O)N1. The Bertz CT molecular complexity index is 924. The average Bonchev–Trinajstić information content (AvgIpc) is 3.20. The Hall–Kier alpha value is -3.56. The number of nitrogens with one attached hydrogen (secondary N) is 3. The molecule has 1 aromatic heterocycles. The lowest BCUT2D eigenvalue weighted by Crippen LogP contribution is -2.47. The summed E-state index contributed by atoms with van der Waals surface area (Å²) in [6.45, 7) is 3.53. The Balaban J connectivity index is 1.55. The number of carbonyl (C=O) groups excluding carboxylic acids is 2. The van der Waals surface area contributed by atoms with Gasteiger partial charge in [0.1, 0.15) is 13.2 Å². The maximum absolute atomic E-state index is 12.9. The number of nitrogens with zero attached hydrogens (tertiary/aromatic N) is 3. The quantitative estimate of drug-likeness (QED) is 0.690. The highest BCUT2D eigenvalue weighted by Crippen LogP contribution is 2.35. The molecule has 0 aliphatic carbocycles. The van der Waals surface area contributed by atoms with Crippen molar-refractivity contribution >= 4 is 11.9 Å². The van der Waals surface area contributed by atoms with Gasteiger partial charge < -0.3 is 25.4 Å². The summed E-state index contributed by atoms with van der Waals surface area (Å²) in [5.41, 5.74) is 1.68. The van der Waals surface area contributed by atoms with Gasteiger partial charge >= 0.3 is 6.03 Å². The molecule has 0 fully saturated rings. The number of allylic oxidation sites excluding steroid dienone is 1. The topological polar surface area (TPSA) is 119 Å². The number of hydrogen-bond acceptors (Lipinski definition) is 6. The van der Waals surface area contributed by atoms with E-state index in [2.05, 4.69) is 26.3 Å². The van der Waals surface area contributed by atoms with Crippen molar-refractivity contribution in [2.24, 2.45) is 0 Å². The number of rotatable bonds is 5. The molecular formula is C18H20N6O4. The number of amides is 3. The minimum atomic E-state index is -0.601. The molecule has 0 spiro atoms. The van der Waals surface area contributed by atoms with Crippen LogP contribution in [-0.2, 0) is 11.3 Å². The van der Waals surface area contributed by atoms with Crippen LogP contribution in [0.3, 0.4) is 0 Å². The van der Waals surface area contributed by atoms with Gasteiger partial charge in [0.15, 0.2) is 11.5 Å². The molecule has 4 rings (SSSR count). The first-order valence-electron chi connectivity index (χ1n) is 8.92. The van der Waals surface area contributed by atoms with Crippen molar-refractivity contribution in [2.75, 3.05) is 19.8 Å². The van der Waals surface area contributed by atoms with Gasteiger partial charge in [-0.05, 0) is 24.6 Å². The summed E-state index contributed by atoms with van der Waals surface area (Å²) in [7, 11) is 0. The Morgan fingerprint density at radius 3 is 2.93 bits per heavy atom. The summed E-state index contributed by atoms with van der Waals surface area (Å²) in [6, 6.07) is 4.43. The van der Waals surface area contributed by atoms with Crippen LogP contribution in [0.25, 0.3) is 0 Å². The van der Waals surface area contributed by atoms with E-state index in [1.165, 1.54) is 0 Å². The van der Waals surface area contributed by atoms with E-state index in [4.69, 9.17) is 9.47 Å². The zero-order valence-electron chi connectivity index (χ0n) is 15.3. The smallest absolute Gasteiger partial charge is 0.319 e. The minimum Gasteiger partial charge on any atom is -0.486 e. The van der Waals surface area contributed by atoms with E-state index >= 15 is 0 Å². The molecule has 146 valence electrons. The fourth-order valence-electron chi connectivity index (χ4n) is 3.22. The molecule has 2 aromatic rings. The lowest BCUT2D eigenvalue weighted by molar-refractivity contribution is -0.118. The second-order valence-corrected chi connectivity index (χ2v) is 6.40. The maximum atomic E-state index is 12.9. The van der Waals surface area contributed by atoms with Crippen LogP contribution in [0.15, 0.2) is 41.9 Å². The van der Waals surface area contributed by atoms with Crippen LogP contribution >= 0.6 is 0 Å². The molecule has 0 saturated heterocycles. The third kappa shape index (κ3) is 3.61. The molecule has 10 heteroatoms. The van der Waals surface area contributed by atoms with Crippen molar-refractivity contribution in [1.29, 1.82) is 0 Å². The molecule has 2 aliphatic heterocycles. The summed E-state index contributed by atoms with van der Waals surface area (Å²) in [6.07, 6.45) is 3.30. The number of hydrogen-bond donors (Lipinski definition) is 3. The van der Waals surface area contributed by atoms with E-state index in [-0.39, 0.29) is 11.9 Å². The Labute approximate surface area is 160 Å². The van der Waals surface area contributed by atoms with E-state index in [0.29, 0.717) is 49.1 Å². The van der Waals surface area contributed by atoms with Gasteiger partial charge in [0, 0.05) is 18.4 Å². The highest BCUT2D eigenvalue weighted by Gasteiger charge is 2.31. The van der Waals surface area contributed by atoms with E-state index in [9.17, 15) is 9.59 Å². The van der Waals surface area contributed by atoms with Crippen LogP contribution in [0, 0.1) is 0 Å². The van der Waals surface area contributed by atoms with Gasteiger partial charge in [-0.3, -0.25) is 9.48 Å². The Morgan fingerprint density at radius 1 is 1.32 bits per heavy atom. The molecule has 28 heavy (non-hydrogen) atoms. The van der Waals surface area contributed by atoms with Crippen molar-refractivity contribution in [3.8, 4) is 11.5 Å². The highest BCUT2D eigenvalue weighted by molar-refractivity contribution is 5.98. The van der Waals surface area contributed by atoms with Gasteiger partial charge in [-0.15, -0.1) is 5.10 Å². The van der Waals surface area contributed by atoms with E-state index in [1.54, 1.807) is 36.1 Å². The van der Waals surface area contributed by atoms with Gasteiger partial charge in [-0.1, -0.05) is 11.3 Å². The normalized spacial score (nSPS) is 18.3. The first kappa shape index (κ1) is 17.8. The third-order valence-corrected chi connectivity index (χ3v) is 4.51. The molecule has 0 saturated carbocycles. The predicted molar refractivity (Wildman–Crippen MR) is 97.6 cm³/mol. The fraction of sp³-hybridized carbons (Fsp3) is 0.333. The fourth-order valence-corrected chi connectivity index (χ4v) is 3.22.